The summed E-state index contributed by atoms with van der Waals surface area (Å²) in [5.74, 6) is 0.632. The van der Waals surface area contributed by atoms with E-state index >= 15 is 0 Å². The van der Waals surface area contributed by atoms with Gasteiger partial charge in [-0.05, 0) is 18.2 Å². The first-order valence-corrected chi connectivity index (χ1v) is 10.5. The maximum absolute atomic E-state index is 12.7. The lowest BCUT2D eigenvalue weighted by Gasteiger charge is -2.36. The Morgan fingerprint density at radius 3 is 2.58 bits per heavy atom. The van der Waals surface area contributed by atoms with Gasteiger partial charge in [0.05, 0.1) is 18.5 Å². The number of fused-ring (bicyclic) bond motifs is 4. The van der Waals surface area contributed by atoms with Gasteiger partial charge in [0.15, 0.2) is 6.29 Å². The number of hydrogen-bond donors (Lipinski definition) is 2. The fraction of sp³-hybridized carbons (Fsp3) is 0.192. The number of nitrogens with one attached hydrogen (secondary N) is 1. The van der Waals surface area contributed by atoms with Crippen molar-refractivity contribution in [3.63, 3.8) is 0 Å². The molecule has 0 saturated heterocycles. The average molecular weight is 443 g/mol. The van der Waals surface area contributed by atoms with E-state index in [9.17, 15) is 19.5 Å². The Balaban J connectivity index is 1.53. The van der Waals surface area contributed by atoms with E-state index in [-0.39, 0.29) is 35.8 Å². The summed E-state index contributed by atoms with van der Waals surface area (Å²) < 4.78 is 11.6. The molecule has 0 atom stereocenters. The van der Waals surface area contributed by atoms with Gasteiger partial charge in [-0.2, -0.15) is 0 Å². The summed E-state index contributed by atoms with van der Waals surface area (Å²) in [6.07, 6.45) is 0.737. The summed E-state index contributed by atoms with van der Waals surface area (Å²) in [7, 11) is 0. The van der Waals surface area contributed by atoms with Crippen LogP contribution >= 0.6 is 0 Å². The predicted molar refractivity (Wildman–Crippen MR) is 119 cm³/mol. The zero-order valence-electron chi connectivity index (χ0n) is 18.1. The smallest absolute Gasteiger partial charge is 0.315 e. The molecule has 7 heteroatoms. The van der Waals surface area contributed by atoms with Gasteiger partial charge in [-0.15, -0.1) is 0 Å². The van der Waals surface area contributed by atoms with E-state index in [1.54, 1.807) is 42.5 Å². The normalized spacial score (nSPS) is 14.9. The number of phenolic OH excluding ortho intramolecular Hbond substituents is 1. The maximum Gasteiger partial charge on any atom is 0.315 e. The van der Waals surface area contributed by atoms with Crippen molar-refractivity contribution in [3.05, 3.63) is 81.9 Å². The molecule has 3 aromatic carbocycles. The Kier molecular flexibility index (Phi) is 4.70. The highest BCUT2D eigenvalue weighted by Gasteiger charge is 2.40. The summed E-state index contributed by atoms with van der Waals surface area (Å²) in [5.41, 5.74) is 2.88. The van der Waals surface area contributed by atoms with Crippen LogP contribution < -0.4 is 14.8 Å². The first-order chi connectivity index (χ1) is 15.8. The van der Waals surface area contributed by atoms with Crippen molar-refractivity contribution in [3.8, 4) is 23.0 Å². The van der Waals surface area contributed by atoms with Crippen LogP contribution in [-0.2, 0) is 23.2 Å². The molecule has 0 bridgehead atoms. The highest BCUT2D eigenvalue weighted by atomic mass is 16.5. The lowest BCUT2D eigenvalue weighted by atomic mass is 9.74. The minimum absolute atomic E-state index is 0.0170. The van der Waals surface area contributed by atoms with Crippen LogP contribution in [0.3, 0.4) is 0 Å². The second-order valence-corrected chi connectivity index (χ2v) is 8.62. The van der Waals surface area contributed by atoms with Crippen LogP contribution in [0.15, 0.2) is 48.5 Å². The summed E-state index contributed by atoms with van der Waals surface area (Å²) in [6.45, 7) is 4.06. The summed E-state index contributed by atoms with van der Waals surface area (Å²) in [5, 5.41) is 13.4. The van der Waals surface area contributed by atoms with Gasteiger partial charge < -0.3 is 19.9 Å². The van der Waals surface area contributed by atoms with Crippen LogP contribution in [0.4, 0.5) is 0 Å². The minimum Gasteiger partial charge on any atom is -0.507 e. The van der Waals surface area contributed by atoms with E-state index in [0.29, 0.717) is 34.7 Å². The highest BCUT2D eigenvalue weighted by Crippen LogP contribution is 2.54. The maximum atomic E-state index is 12.7. The molecule has 0 aliphatic carbocycles. The standard InChI is InChI=1S/C26H21NO6/c1-26(2)18-7-9-20(29)17(12-27-25(31)15-6-4-3-5-14(15)13-28)24(18)33-23-16-11-22(30)32-21(16)10-8-19(23)26/h3-10,13,29H,11-12H2,1-2H3,(H,27,31). The van der Waals surface area contributed by atoms with Gasteiger partial charge >= 0.3 is 5.97 Å². The number of carbonyl (C=O) groups excluding carboxylic acids is 3. The van der Waals surface area contributed by atoms with E-state index in [4.69, 9.17) is 9.47 Å². The first-order valence-electron chi connectivity index (χ1n) is 10.5. The van der Waals surface area contributed by atoms with Crippen molar-refractivity contribution < 1.29 is 29.0 Å². The van der Waals surface area contributed by atoms with Crippen molar-refractivity contribution in [2.45, 2.75) is 32.2 Å². The van der Waals surface area contributed by atoms with E-state index in [1.165, 1.54) is 0 Å². The molecule has 33 heavy (non-hydrogen) atoms. The first kappa shape index (κ1) is 20.8. The number of amides is 1. The molecule has 2 N–H and O–H groups in total. The molecule has 7 nitrogen and oxygen atoms in total. The topological polar surface area (TPSA) is 102 Å². The number of aldehydes is 1. The van der Waals surface area contributed by atoms with Crippen LogP contribution in [0.5, 0.6) is 23.0 Å². The van der Waals surface area contributed by atoms with Crippen LogP contribution in [0.2, 0.25) is 0 Å². The number of ether oxygens (including phenoxy) is 2. The fourth-order valence-corrected chi connectivity index (χ4v) is 4.50. The molecular formula is C26H21NO6. The predicted octanol–water partition coefficient (Wildman–Crippen LogP) is 4.03. The molecule has 2 aliphatic heterocycles. The SMILES string of the molecule is CC1(C)c2ccc(O)c(CNC(=O)c3ccccc3C=O)c2Oc2c1ccc1c2CC(=O)O1. The number of carbonyl (C=O) groups is 3. The molecular weight excluding hydrogens is 422 g/mol. The lowest BCUT2D eigenvalue weighted by Crippen LogP contribution is -2.28. The van der Waals surface area contributed by atoms with Gasteiger partial charge in [0.2, 0.25) is 0 Å². The van der Waals surface area contributed by atoms with Crippen molar-refractivity contribution in [1.82, 2.24) is 5.32 Å². The number of aromatic hydroxyl groups is 1. The molecule has 2 heterocycles. The van der Waals surface area contributed by atoms with E-state index in [2.05, 4.69) is 5.32 Å². The van der Waals surface area contributed by atoms with E-state index in [0.717, 1.165) is 11.1 Å². The molecule has 1 amide bonds. The van der Waals surface area contributed by atoms with Crippen molar-refractivity contribution >= 4 is 18.2 Å². The van der Waals surface area contributed by atoms with Crippen LogP contribution in [0.25, 0.3) is 0 Å². The van der Waals surface area contributed by atoms with E-state index in [1.807, 2.05) is 19.9 Å². The van der Waals surface area contributed by atoms with Gasteiger partial charge in [-0.3, -0.25) is 14.4 Å². The lowest BCUT2D eigenvalue weighted by molar-refractivity contribution is -0.131. The van der Waals surface area contributed by atoms with Gasteiger partial charge in [0.25, 0.3) is 5.91 Å². The van der Waals surface area contributed by atoms with Crippen LogP contribution in [-0.4, -0.2) is 23.3 Å². The zero-order valence-corrected chi connectivity index (χ0v) is 18.1. The summed E-state index contributed by atoms with van der Waals surface area (Å²) in [6, 6.07) is 13.5. The summed E-state index contributed by atoms with van der Waals surface area (Å²) in [4.78, 5) is 35.9. The molecule has 2 aliphatic rings. The average Bonchev–Trinajstić information content (AvgIpc) is 3.18. The number of hydrogen-bond acceptors (Lipinski definition) is 6. The Labute approximate surface area is 190 Å². The molecule has 0 fully saturated rings. The quantitative estimate of drug-likeness (QED) is 0.359. The molecule has 166 valence electrons. The molecule has 0 unspecified atom stereocenters. The Hall–Kier alpha value is -4.13. The Morgan fingerprint density at radius 2 is 1.79 bits per heavy atom. The van der Waals surface area contributed by atoms with Gasteiger partial charge in [-0.1, -0.05) is 44.2 Å². The number of esters is 1. The van der Waals surface area contributed by atoms with Crippen molar-refractivity contribution in [1.29, 1.82) is 0 Å². The number of phenols is 1. The Morgan fingerprint density at radius 1 is 1.06 bits per heavy atom. The molecule has 3 aromatic rings. The van der Waals surface area contributed by atoms with Crippen LogP contribution in [0.1, 0.15) is 56.8 Å². The minimum atomic E-state index is -0.486. The molecule has 5 rings (SSSR count). The summed E-state index contributed by atoms with van der Waals surface area (Å²) >= 11 is 0. The molecule has 0 radical (unpaired) electrons. The molecule has 0 saturated carbocycles. The molecule has 0 spiro atoms. The number of rotatable bonds is 4. The zero-order chi connectivity index (χ0) is 23.3. The van der Waals surface area contributed by atoms with Crippen molar-refractivity contribution in [2.75, 3.05) is 0 Å². The van der Waals surface area contributed by atoms with Crippen molar-refractivity contribution in [2.24, 2.45) is 0 Å². The van der Waals surface area contributed by atoms with Gasteiger partial charge in [0.1, 0.15) is 23.0 Å². The van der Waals surface area contributed by atoms with E-state index < -0.39 is 11.3 Å². The van der Waals surface area contributed by atoms with Gasteiger partial charge in [-0.25, -0.2) is 0 Å². The Bertz CT molecular complexity index is 1340. The molecule has 0 aromatic heterocycles. The second-order valence-electron chi connectivity index (χ2n) is 8.62. The highest BCUT2D eigenvalue weighted by molar-refractivity contribution is 6.01. The third-order valence-corrected chi connectivity index (χ3v) is 6.31. The van der Waals surface area contributed by atoms with Crippen LogP contribution in [0, 0.1) is 0 Å². The third-order valence-electron chi connectivity index (χ3n) is 6.31. The monoisotopic (exact) mass is 443 g/mol. The second kappa shape index (κ2) is 7.48. The number of benzene rings is 3. The largest absolute Gasteiger partial charge is 0.507 e. The van der Waals surface area contributed by atoms with Gasteiger partial charge in [0, 0.05) is 33.2 Å². The third kappa shape index (κ3) is 3.24. The fourth-order valence-electron chi connectivity index (χ4n) is 4.50.